The van der Waals surface area contributed by atoms with Crippen LogP contribution in [-0.2, 0) is 19.1 Å². The average Bonchev–Trinajstić information content (AvgIpc) is 2.95. The number of ether oxygens (including phenoxy) is 3. The first-order valence-corrected chi connectivity index (χ1v) is 12.2. The van der Waals surface area contributed by atoms with E-state index in [0.717, 1.165) is 5.56 Å². The first kappa shape index (κ1) is 28.8. The molecule has 9 nitrogen and oxygen atoms in total. The molecule has 0 bridgehead atoms. The number of carbonyl (C=O) groups is 5. The number of nitrogens with one attached hydrogen (secondary N) is 1. The maximum absolute atomic E-state index is 12.2. The first-order chi connectivity index (χ1) is 18.7. The number of amides is 1. The molecule has 0 aliphatic rings. The van der Waals surface area contributed by atoms with Crippen molar-refractivity contribution >= 4 is 35.1 Å². The van der Waals surface area contributed by atoms with Gasteiger partial charge in [0.2, 0.25) is 5.91 Å². The van der Waals surface area contributed by atoms with Crippen LogP contribution in [0.5, 0.6) is 5.75 Å². The van der Waals surface area contributed by atoms with Crippen molar-refractivity contribution in [1.29, 1.82) is 0 Å². The van der Waals surface area contributed by atoms with Gasteiger partial charge in [-0.1, -0.05) is 29.8 Å². The van der Waals surface area contributed by atoms with E-state index in [-0.39, 0.29) is 55.5 Å². The van der Waals surface area contributed by atoms with Gasteiger partial charge in [0.1, 0.15) is 5.75 Å². The topological polar surface area (TPSA) is 125 Å². The van der Waals surface area contributed by atoms with Crippen LogP contribution in [0.4, 0.5) is 5.69 Å². The second kappa shape index (κ2) is 14.2. The first-order valence-electron chi connectivity index (χ1n) is 12.2. The molecule has 0 aliphatic carbocycles. The highest BCUT2D eigenvalue weighted by atomic mass is 16.5. The van der Waals surface area contributed by atoms with Crippen molar-refractivity contribution < 1.29 is 38.2 Å². The predicted octanol–water partition coefficient (Wildman–Crippen LogP) is 4.58. The van der Waals surface area contributed by atoms with E-state index >= 15 is 0 Å². The lowest BCUT2D eigenvalue weighted by Crippen LogP contribution is -2.16. The Morgan fingerprint density at radius 1 is 0.667 bits per heavy atom. The molecule has 0 atom stereocenters. The second-order valence-electron chi connectivity index (χ2n) is 8.66. The molecule has 0 saturated carbocycles. The minimum Gasteiger partial charge on any atom is -0.497 e. The fourth-order valence-corrected chi connectivity index (χ4v) is 3.42. The van der Waals surface area contributed by atoms with Crippen molar-refractivity contribution in [2.45, 2.75) is 26.2 Å². The van der Waals surface area contributed by atoms with Crippen LogP contribution in [-0.4, -0.2) is 49.7 Å². The highest BCUT2D eigenvalue weighted by Crippen LogP contribution is 2.14. The van der Waals surface area contributed by atoms with Gasteiger partial charge >= 0.3 is 11.9 Å². The van der Waals surface area contributed by atoms with Crippen LogP contribution in [0.3, 0.4) is 0 Å². The Morgan fingerprint density at radius 3 is 1.79 bits per heavy atom. The lowest BCUT2D eigenvalue weighted by Gasteiger charge is -2.08. The molecule has 3 rings (SSSR count). The molecule has 0 spiro atoms. The van der Waals surface area contributed by atoms with Crippen molar-refractivity contribution in [1.82, 2.24) is 0 Å². The fourth-order valence-electron chi connectivity index (χ4n) is 3.42. The zero-order valence-corrected chi connectivity index (χ0v) is 21.7. The monoisotopic (exact) mass is 531 g/mol. The maximum atomic E-state index is 12.2. The lowest BCUT2D eigenvalue weighted by atomic mass is 10.1. The number of carbonyl (C=O) groups excluding carboxylic acids is 5. The van der Waals surface area contributed by atoms with Gasteiger partial charge in [-0.05, 0) is 61.9 Å². The molecule has 9 heteroatoms. The molecule has 0 fully saturated rings. The van der Waals surface area contributed by atoms with Crippen LogP contribution >= 0.6 is 0 Å². The van der Waals surface area contributed by atoms with Crippen molar-refractivity contribution in [2.24, 2.45) is 0 Å². The summed E-state index contributed by atoms with van der Waals surface area (Å²) in [4.78, 5) is 60.6. The van der Waals surface area contributed by atoms with Gasteiger partial charge in [-0.2, -0.15) is 0 Å². The molecule has 1 amide bonds. The number of anilines is 1. The molecule has 3 aromatic carbocycles. The van der Waals surface area contributed by atoms with Crippen LogP contribution in [0, 0.1) is 6.92 Å². The summed E-state index contributed by atoms with van der Waals surface area (Å²) in [6.07, 6.45) is 0.280. The summed E-state index contributed by atoms with van der Waals surface area (Å²) >= 11 is 0. The van der Waals surface area contributed by atoms with Crippen LogP contribution in [0.25, 0.3) is 0 Å². The van der Waals surface area contributed by atoms with Crippen molar-refractivity contribution in [3.8, 4) is 5.75 Å². The molecule has 0 heterocycles. The van der Waals surface area contributed by atoms with Gasteiger partial charge in [-0.3, -0.25) is 19.2 Å². The van der Waals surface area contributed by atoms with Gasteiger partial charge in [0.05, 0.1) is 12.7 Å². The van der Waals surface area contributed by atoms with Crippen LogP contribution in [0.15, 0.2) is 72.8 Å². The maximum Gasteiger partial charge on any atom is 0.338 e. The van der Waals surface area contributed by atoms with E-state index < -0.39 is 11.9 Å². The number of Topliss-reactive ketones (excluding diaryl/α,β-unsaturated/α-hetero) is 2. The van der Waals surface area contributed by atoms with E-state index in [0.29, 0.717) is 22.6 Å². The molecule has 1 N–H and O–H groups in total. The van der Waals surface area contributed by atoms with E-state index in [1.54, 1.807) is 48.5 Å². The molecule has 0 unspecified atom stereocenters. The van der Waals surface area contributed by atoms with Crippen molar-refractivity contribution in [3.05, 3.63) is 95.1 Å². The Hall–Kier alpha value is -4.79. The number of ketones is 2. The summed E-state index contributed by atoms with van der Waals surface area (Å²) in [7, 11) is 1.52. The quantitative estimate of drug-likeness (QED) is 0.251. The van der Waals surface area contributed by atoms with E-state index in [2.05, 4.69) is 5.32 Å². The molecule has 39 heavy (non-hydrogen) atoms. The zero-order valence-electron chi connectivity index (χ0n) is 21.7. The molecule has 0 radical (unpaired) electrons. The number of benzene rings is 3. The summed E-state index contributed by atoms with van der Waals surface area (Å²) in [5.41, 5.74) is 2.57. The Labute approximate surface area is 226 Å². The van der Waals surface area contributed by atoms with Gasteiger partial charge in [-0.15, -0.1) is 0 Å². The number of rotatable bonds is 13. The van der Waals surface area contributed by atoms with E-state index in [4.69, 9.17) is 14.2 Å². The Morgan fingerprint density at radius 2 is 1.21 bits per heavy atom. The average molecular weight is 532 g/mol. The Bertz CT molecular complexity index is 1310. The minimum atomic E-state index is -0.655. The van der Waals surface area contributed by atoms with Crippen LogP contribution in [0.1, 0.15) is 55.9 Å². The zero-order chi connectivity index (χ0) is 28.2. The molecule has 0 saturated heterocycles. The van der Waals surface area contributed by atoms with Crippen molar-refractivity contribution in [3.63, 3.8) is 0 Å². The summed E-state index contributed by atoms with van der Waals surface area (Å²) < 4.78 is 15.1. The third kappa shape index (κ3) is 9.23. The SMILES string of the molecule is COc1ccc(C(=O)COC(=O)CCCC(=O)Nc2ccc(C(=O)OCC(=O)c3ccc(C)cc3)cc2)cc1. The van der Waals surface area contributed by atoms with Gasteiger partial charge < -0.3 is 19.5 Å². The lowest BCUT2D eigenvalue weighted by molar-refractivity contribution is -0.142. The van der Waals surface area contributed by atoms with Gasteiger partial charge in [-0.25, -0.2) is 4.79 Å². The van der Waals surface area contributed by atoms with Crippen LogP contribution in [0.2, 0.25) is 0 Å². The number of aryl methyl sites for hydroxylation is 1. The summed E-state index contributed by atoms with van der Waals surface area (Å²) in [6, 6.07) is 19.5. The highest BCUT2D eigenvalue weighted by Gasteiger charge is 2.14. The van der Waals surface area contributed by atoms with E-state index in [1.165, 1.54) is 31.4 Å². The fraction of sp³-hybridized carbons (Fsp3) is 0.233. The second-order valence-corrected chi connectivity index (χ2v) is 8.66. The summed E-state index contributed by atoms with van der Waals surface area (Å²) in [6.45, 7) is 1.15. The normalized spacial score (nSPS) is 10.3. The summed E-state index contributed by atoms with van der Waals surface area (Å²) in [5.74, 6) is -1.58. The van der Waals surface area contributed by atoms with E-state index in [9.17, 15) is 24.0 Å². The molecule has 202 valence electrons. The number of hydrogen-bond acceptors (Lipinski definition) is 8. The standard InChI is InChI=1S/C30H29NO8/c1-20-6-8-21(9-7-20)27(33)19-39-30(36)23-10-14-24(15-11-23)31-28(34)4-3-5-29(35)38-18-26(32)22-12-16-25(37-2)17-13-22/h6-17H,3-5,18-19H2,1-2H3,(H,31,34). The predicted molar refractivity (Wildman–Crippen MR) is 143 cm³/mol. The number of esters is 2. The Kier molecular flexibility index (Phi) is 10.5. The molecule has 0 aliphatic heterocycles. The third-order valence-corrected chi connectivity index (χ3v) is 5.67. The van der Waals surface area contributed by atoms with Gasteiger partial charge in [0.25, 0.3) is 0 Å². The number of hydrogen-bond donors (Lipinski definition) is 1. The molecule has 0 aromatic heterocycles. The largest absolute Gasteiger partial charge is 0.497 e. The van der Waals surface area contributed by atoms with Crippen LogP contribution < -0.4 is 10.1 Å². The smallest absolute Gasteiger partial charge is 0.338 e. The molecular weight excluding hydrogens is 502 g/mol. The molecular formula is C30H29NO8. The molecule has 3 aromatic rings. The van der Waals surface area contributed by atoms with E-state index in [1.807, 2.05) is 6.92 Å². The summed E-state index contributed by atoms with van der Waals surface area (Å²) in [5, 5.41) is 2.68. The Balaban J connectivity index is 1.34. The van der Waals surface area contributed by atoms with Gasteiger partial charge in [0, 0.05) is 29.7 Å². The van der Waals surface area contributed by atoms with Gasteiger partial charge in [0.15, 0.2) is 24.8 Å². The highest BCUT2D eigenvalue weighted by molar-refractivity contribution is 6.00. The number of methoxy groups -OCH3 is 1. The minimum absolute atomic E-state index is 0.0185. The third-order valence-electron chi connectivity index (χ3n) is 5.67. The van der Waals surface area contributed by atoms with Crippen molar-refractivity contribution in [2.75, 3.05) is 25.6 Å².